The SMILES string of the molecule is CC(NCCc1ccc([N+](=O)[O-])cc1)c1ccc(Cl)cc1. The average Bonchev–Trinajstić information content (AvgIpc) is 2.48. The van der Waals surface area contributed by atoms with Crippen molar-refractivity contribution in [2.45, 2.75) is 19.4 Å². The van der Waals surface area contributed by atoms with E-state index in [2.05, 4.69) is 12.2 Å². The van der Waals surface area contributed by atoms with Crippen LogP contribution >= 0.6 is 11.6 Å². The molecule has 0 aliphatic heterocycles. The standard InChI is InChI=1S/C16H17ClN2O2/c1-12(14-4-6-15(17)7-5-14)18-11-10-13-2-8-16(9-3-13)19(20)21/h2-9,12,18H,10-11H2,1H3. The maximum Gasteiger partial charge on any atom is 0.269 e. The first-order chi connectivity index (χ1) is 10.1. The molecule has 0 aromatic heterocycles. The number of halogens is 1. The summed E-state index contributed by atoms with van der Waals surface area (Å²) in [7, 11) is 0. The van der Waals surface area contributed by atoms with Gasteiger partial charge in [-0.15, -0.1) is 0 Å². The van der Waals surface area contributed by atoms with E-state index in [1.807, 2.05) is 24.3 Å². The van der Waals surface area contributed by atoms with Crippen LogP contribution in [0.3, 0.4) is 0 Å². The molecule has 0 radical (unpaired) electrons. The Labute approximate surface area is 128 Å². The molecule has 0 heterocycles. The lowest BCUT2D eigenvalue weighted by atomic mass is 10.1. The molecule has 0 saturated heterocycles. The average molecular weight is 305 g/mol. The molecule has 0 bridgehead atoms. The summed E-state index contributed by atoms with van der Waals surface area (Å²) in [5.41, 5.74) is 2.39. The normalized spacial score (nSPS) is 12.1. The Morgan fingerprint density at radius 1 is 1.14 bits per heavy atom. The molecule has 0 fully saturated rings. The van der Waals surface area contributed by atoms with Crippen molar-refractivity contribution in [2.24, 2.45) is 0 Å². The van der Waals surface area contributed by atoms with Crippen molar-refractivity contribution in [1.29, 1.82) is 0 Å². The van der Waals surface area contributed by atoms with Gasteiger partial charge in [-0.2, -0.15) is 0 Å². The maximum atomic E-state index is 10.6. The van der Waals surface area contributed by atoms with E-state index in [4.69, 9.17) is 11.6 Å². The van der Waals surface area contributed by atoms with Crippen molar-refractivity contribution in [1.82, 2.24) is 5.32 Å². The van der Waals surface area contributed by atoms with E-state index in [0.29, 0.717) is 0 Å². The minimum atomic E-state index is -0.384. The fourth-order valence-corrected chi connectivity index (χ4v) is 2.21. The molecule has 0 saturated carbocycles. The molecule has 110 valence electrons. The van der Waals surface area contributed by atoms with Gasteiger partial charge in [0.15, 0.2) is 0 Å². The molecule has 1 N–H and O–H groups in total. The van der Waals surface area contributed by atoms with Crippen LogP contribution in [0.15, 0.2) is 48.5 Å². The van der Waals surface area contributed by atoms with Crippen LogP contribution in [0.25, 0.3) is 0 Å². The first kappa shape index (κ1) is 15.5. The van der Waals surface area contributed by atoms with E-state index in [0.717, 1.165) is 23.6 Å². The van der Waals surface area contributed by atoms with Gasteiger partial charge in [0.2, 0.25) is 0 Å². The van der Waals surface area contributed by atoms with Crippen LogP contribution in [0.5, 0.6) is 0 Å². The van der Waals surface area contributed by atoms with Crippen LogP contribution in [0, 0.1) is 10.1 Å². The minimum Gasteiger partial charge on any atom is -0.310 e. The number of hydrogen-bond acceptors (Lipinski definition) is 3. The second-order valence-corrected chi connectivity index (χ2v) is 5.34. The predicted molar refractivity (Wildman–Crippen MR) is 84.7 cm³/mol. The van der Waals surface area contributed by atoms with Crippen LogP contribution in [-0.2, 0) is 6.42 Å². The van der Waals surface area contributed by atoms with Crippen molar-refractivity contribution in [3.63, 3.8) is 0 Å². The smallest absolute Gasteiger partial charge is 0.269 e. The lowest BCUT2D eigenvalue weighted by Crippen LogP contribution is -2.21. The molecule has 2 aromatic carbocycles. The lowest BCUT2D eigenvalue weighted by molar-refractivity contribution is -0.384. The molecule has 1 unspecified atom stereocenters. The van der Waals surface area contributed by atoms with Crippen molar-refractivity contribution in [3.05, 3.63) is 74.8 Å². The highest BCUT2D eigenvalue weighted by Gasteiger charge is 2.06. The second kappa shape index (κ2) is 7.20. The zero-order valence-corrected chi connectivity index (χ0v) is 12.5. The van der Waals surface area contributed by atoms with Gasteiger partial charge in [-0.05, 0) is 43.1 Å². The van der Waals surface area contributed by atoms with Gasteiger partial charge in [0.25, 0.3) is 5.69 Å². The molecule has 0 amide bonds. The van der Waals surface area contributed by atoms with Crippen LogP contribution < -0.4 is 5.32 Å². The number of nitro benzene ring substituents is 1. The van der Waals surface area contributed by atoms with Crippen LogP contribution in [-0.4, -0.2) is 11.5 Å². The molecular weight excluding hydrogens is 288 g/mol. The third-order valence-electron chi connectivity index (χ3n) is 3.38. The minimum absolute atomic E-state index is 0.126. The van der Waals surface area contributed by atoms with E-state index in [1.165, 1.54) is 17.7 Å². The van der Waals surface area contributed by atoms with Crippen LogP contribution in [0.1, 0.15) is 24.1 Å². The molecule has 5 heteroatoms. The van der Waals surface area contributed by atoms with Gasteiger partial charge in [-0.1, -0.05) is 35.9 Å². The highest BCUT2D eigenvalue weighted by molar-refractivity contribution is 6.30. The maximum absolute atomic E-state index is 10.6. The highest BCUT2D eigenvalue weighted by atomic mass is 35.5. The Morgan fingerprint density at radius 2 is 1.76 bits per heavy atom. The zero-order valence-electron chi connectivity index (χ0n) is 11.8. The summed E-state index contributed by atoms with van der Waals surface area (Å²) in [5, 5.41) is 14.7. The predicted octanol–water partition coefficient (Wildman–Crippen LogP) is 4.14. The molecule has 0 aliphatic carbocycles. The van der Waals surface area contributed by atoms with Gasteiger partial charge in [0.1, 0.15) is 0 Å². The van der Waals surface area contributed by atoms with E-state index in [1.54, 1.807) is 12.1 Å². The van der Waals surface area contributed by atoms with Gasteiger partial charge < -0.3 is 5.32 Å². The Balaban J connectivity index is 1.83. The fourth-order valence-electron chi connectivity index (χ4n) is 2.09. The molecule has 2 aromatic rings. The van der Waals surface area contributed by atoms with Gasteiger partial charge in [0.05, 0.1) is 4.92 Å². The van der Waals surface area contributed by atoms with E-state index >= 15 is 0 Å². The van der Waals surface area contributed by atoms with Crippen LogP contribution in [0.2, 0.25) is 5.02 Å². The first-order valence-electron chi connectivity index (χ1n) is 6.78. The number of hydrogen-bond donors (Lipinski definition) is 1. The Bertz CT molecular complexity index is 597. The van der Waals surface area contributed by atoms with Crippen molar-refractivity contribution in [3.8, 4) is 0 Å². The molecule has 1 atom stereocenters. The summed E-state index contributed by atoms with van der Waals surface area (Å²) in [5.74, 6) is 0. The van der Waals surface area contributed by atoms with Gasteiger partial charge >= 0.3 is 0 Å². The monoisotopic (exact) mass is 304 g/mol. The zero-order chi connectivity index (χ0) is 15.2. The molecule has 4 nitrogen and oxygen atoms in total. The number of nitro groups is 1. The summed E-state index contributed by atoms with van der Waals surface area (Å²) >= 11 is 5.87. The van der Waals surface area contributed by atoms with Crippen molar-refractivity contribution in [2.75, 3.05) is 6.54 Å². The molecule has 0 spiro atoms. The van der Waals surface area contributed by atoms with Gasteiger partial charge in [-0.3, -0.25) is 10.1 Å². The Hall–Kier alpha value is -1.91. The van der Waals surface area contributed by atoms with E-state index in [-0.39, 0.29) is 16.7 Å². The van der Waals surface area contributed by atoms with E-state index in [9.17, 15) is 10.1 Å². The summed E-state index contributed by atoms with van der Waals surface area (Å²) in [6.45, 7) is 2.90. The first-order valence-corrected chi connectivity index (χ1v) is 7.16. The Morgan fingerprint density at radius 3 is 2.33 bits per heavy atom. The molecule has 2 rings (SSSR count). The van der Waals surface area contributed by atoms with E-state index < -0.39 is 0 Å². The van der Waals surface area contributed by atoms with Gasteiger partial charge in [0, 0.05) is 23.2 Å². The summed E-state index contributed by atoms with van der Waals surface area (Å²) in [6.07, 6.45) is 0.829. The number of benzene rings is 2. The second-order valence-electron chi connectivity index (χ2n) is 4.90. The van der Waals surface area contributed by atoms with Crippen molar-refractivity contribution >= 4 is 17.3 Å². The molecule has 21 heavy (non-hydrogen) atoms. The lowest BCUT2D eigenvalue weighted by Gasteiger charge is -2.14. The summed E-state index contributed by atoms with van der Waals surface area (Å²) in [4.78, 5) is 10.2. The summed E-state index contributed by atoms with van der Waals surface area (Å²) in [6, 6.07) is 14.7. The van der Waals surface area contributed by atoms with Gasteiger partial charge in [-0.25, -0.2) is 0 Å². The topological polar surface area (TPSA) is 55.2 Å². The summed E-state index contributed by atoms with van der Waals surface area (Å²) < 4.78 is 0. The largest absolute Gasteiger partial charge is 0.310 e. The number of nitrogens with zero attached hydrogens (tertiary/aromatic N) is 1. The Kier molecular flexibility index (Phi) is 5.31. The highest BCUT2D eigenvalue weighted by Crippen LogP contribution is 2.16. The third-order valence-corrected chi connectivity index (χ3v) is 3.63. The number of non-ortho nitro benzene ring substituents is 1. The molecule has 0 aliphatic rings. The van der Waals surface area contributed by atoms with Crippen molar-refractivity contribution < 1.29 is 4.92 Å². The fraction of sp³-hybridized carbons (Fsp3) is 0.250. The van der Waals surface area contributed by atoms with Crippen LogP contribution in [0.4, 0.5) is 5.69 Å². The molecular formula is C16H17ClN2O2. The third kappa shape index (κ3) is 4.55. The quantitative estimate of drug-likeness (QED) is 0.644. The number of nitrogens with one attached hydrogen (secondary N) is 1. The number of rotatable bonds is 6.